The number of nitrogens with zero attached hydrogens (tertiary/aromatic N) is 1. The van der Waals surface area contributed by atoms with E-state index in [2.05, 4.69) is 5.32 Å². The third-order valence-electron chi connectivity index (χ3n) is 3.34. The van der Waals surface area contributed by atoms with E-state index in [-0.39, 0.29) is 11.8 Å². The lowest BCUT2D eigenvalue weighted by Gasteiger charge is -2.25. The highest BCUT2D eigenvalue weighted by Gasteiger charge is 2.28. The van der Waals surface area contributed by atoms with Crippen LogP contribution < -0.4 is 10.2 Å². The van der Waals surface area contributed by atoms with Crippen LogP contribution >= 0.6 is 0 Å². The Labute approximate surface area is 99.6 Å². The smallest absolute Gasteiger partial charge is 0.233 e. The van der Waals surface area contributed by atoms with E-state index in [1.54, 1.807) is 0 Å². The topological polar surface area (TPSA) is 49.4 Å². The molecular formula is C13H14N2O2. The van der Waals surface area contributed by atoms with Crippen molar-refractivity contribution in [3.05, 3.63) is 23.8 Å². The number of hydrogen-bond donors (Lipinski definition) is 1. The predicted octanol–water partition coefficient (Wildman–Crippen LogP) is 1.70. The zero-order valence-electron chi connectivity index (χ0n) is 9.53. The van der Waals surface area contributed by atoms with Crippen LogP contribution in [0.3, 0.4) is 0 Å². The summed E-state index contributed by atoms with van der Waals surface area (Å²) in [6, 6.07) is 5.75. The Hall–Kier alpha value is -1.84. The number of fused-ring (bicyclic) bond motifs is 1. The van der Waals surface area contributed by atoms with Crippen LogP contribution in [-0.2, 0) is 16.0 Å². The van der Waals surface area contributed by atoms with Crippen LogP contribution in [0.1, 0.15) is 24.8 Å². The highest BCUT2D eigenvalue weighted by molar-refractivity contribution is 6.16. The van der Waals surface area contributed by atoms with Crippen molar-refractivity contribution >= 4 is 23.2 Å². The van der Waals surface area contributed by atoms with Crippen molar-refractivity contribution in [3.63, 3.8) is 0 Å². The van der Waals surface area contributed by atoms with E-state index in [0.29, 0.717) is 19.3 Å². The van der Waals surface area contributed by atoms with Crippen molar-refractivity contribution < 1.29 is 9.59 Å². The molecule has 1 aromatic rings. The van der Waals surface area contributed by atoms with Gasteiger partial charge < -0.3 is 5.32 Å². The van der Waals surface area contributed by atoms with Crippen LogP contribution in [0.5, 0.6) is 0 Å². The molecule has 1 saturated heterocycles. The molecule has 0 spiro atoms. The second kappa shape index (κ2) is 3.87. The lowest BCUT2D eigenvalue weighted by atomic mass is 10.1. The number of hydrogen-bond acceptors (Lipinski definition) is 3. The molecule has 0 atom stereocenters. The van der Waals surface area contributed by atoms with Crippen molar-refractivity contribution in [2.75, 3.05) is 16.8 Å². The molecule has 0 unspecified atom stereocenters. The van der Waals surface area contributed by atoms with E-state index in [4.69, 9.17) is 0 Å². The van der Waals surface area contributed by atoms with Gasteiger partial charge in [-0.25, -0.2) is 0 Å². The zero-order valence-corrected chi connectivity index (χ0v) is 9.53. The maximum absolute atomic E-state index is 11.8. The first-order valence-corrected chi connectivity index (χ1v) is 5.98. The summed E-state index contributed by atoms with van der Waals surface area (Å²) in [5.74, 6) is -0.153. The average molecular weight is 230 g/mol. The molecule has 0 aliphatic carbocycles. The Morgan fingerprint density at radius 2 is 1.82 bits per heavy atom. The number of imide groups is 1. The maximum atomic E-state index is 11.8. The Morgan fingerprint density at radius 1 is 1.06 bits per heavy atom. The van der Waals surface area contributed by atoms with Gasteiger partial charge in [-0.05, 0) is 36.6 Å². The molecule has 1 fully saturated rings. The van der Waals surface area contributed by atoms with Crippen LogP contribution in [-0.4, -0.2) is 18.4 Å². The summed E-state index contributed by atoms with van der Waals surface area (Å²) in [5.41, 5.74) is 3.03. The van der Waals surface area contributed by atoms with Gasteiger partial charge in [0.05, 0.1) is 5.69 Å². The van der Waals surface area contributed by atoms with E-state index in [1.165, 1.54) is 10.5 Å². The first kappa shape index (κ1) is 10.3. The minimum atomic E-state index is -0.0767. The molecule has 1 N–H and O–H groups in total. The molecule has 1 aromatic carbocycles. The van der Waals surface area contributed by atoms with Gasteiger partial charge in [0.1, 0.15) is 0 Å². The summed E-state index contributed by atoms with van der Waals surface area (Å²) in [4.78, 5) is 24.9. The molecule has 4 nitrogen and oxygen atoms in total. The highest BCUT2D eigenvalue weighted by atomic mass is 16.2. The van der Waals surface area contributed by atoms with Crippen molar-refractivity contribution in [3.8, 4) is 0 Å². The predicted molar refractivity (Wildman–Crippen MR) is 65.0 cm³/mol. The van der Waals surface area contributed by atoms with Gasteiger partial charge >= 0.3 is 0 Å². The van der Waals surface area contributed by atoms with Crippen LogP contribution in [0.15, 0.2) is 18.2 Å². The van der Waals surface area contributed by atoms with Gasteiger partial charge in [0.15, 0.2) is 0 Å². The molecule has 2 aliphatic rings. The minimum absolute atomic E-state index is 0.0767. The first-order chi connectivity index (χ1) is 8.25. The second-order valence-corrected chi connectivity index (χ2v) is 4.49. The van der Waals surface area contributed by atoms with Crippen molar-refractivity contribution in [1.29, 1.82) is 0 Å². The molecule has 0 bridgehead atoms. The Morgan fingerprint density at radius 3 is 2.59 bits per heavy atom. The average Bonchev–Trinajstić information content (AvgIpc) is 2.76. The molecule has 0 radical (unpaired) electrons. The minimum Gasteiger partial charge on any atom is -0.384 e. The quantitative estimate of drug-likeness (QED) is 0.747. The van der Waals surface area contributed by atoms with Gasteiger partial charge in [0.25, 0.3) is 0 Å². The number of piperidine rings is 1. The number of amides is 2. The fourth-order valence-corrected chi connectivity index (χ4v) is 2.47. The molecule has 3 rings (SSSR count). The Bertz CT molecular complexity index is 480. The van der Waals surface area contributed by atoms with Crippen LogP contribution in [0.25, 0.3) is 0 Å². The van der Waals surface area contributed by atoms with Gasteiger partial charge in [-0.3, -0.25) is 14.5 Å². The molecule has 2 heterocycles. The van der Waals surface area contributed by atoms with Crippen molar-refractivity contribution in [2.45, 2.75) is 25.7 Å². The normalized spacial score (nSPS) is 19.2. The molecule has 2 amide bonds. The van der Waals surface area contributed by atoms with E-state index in [0.717, 1.165) is 24.3 Å². The summed E-state index contributed by atoms with van der Waals surface area (Å²) in [5, 5.41) is 3.26. The summed E-state index contributed by atoms with van der Waals surface area (Å²) < 4.78 is 0. The standard InChI is InChI=1S/C13H14N2O2/c16-12-2-1-3-13(17)15(12)10-4-5-11-9(8-10)6-7-14-11/h4-5,8,14H,1-3,6-7H2. The number of nitrogens with one attached hydrogen (secondary N) is 1. The number of carbonyl (C=O) groups is 2. The second-order valence-electron chi connectivity index (χ2n) is 4.49. The summed E-state index contributed by atoms with van der Waals surface area (Å²) >= 11 is 0. The van der Waals surface area contributed by atoms with E-state index < -0.39 is 0 Å². The van der Waals surface area contributed by atoms with Gasteiger partial charge in [0, 0.05) is 25.1 Å². The molecule has 88 valence electrons. The van der Waals surface area contributed by atoms with Crippen LogP contribution in [0, 0.1) is 0 Å². The van der Waals surface area contributed by atoms with Gasteiger partial charge in [0.2, 0.25) is 11.8 Å². The molecule has 0 saturated carbocycles. The van der Waals surface area contributed by atoms with Gasteiger partial charge in [-0.1, -0.05) is 0 Å². The molecule has 2 aliphatic heterocycles. The molecule has 4 heteroatoms. The third kappa shape index (κ3) is 1.69. The zero-order chi connectivity index (χ0) is 11.8. The maximum Gasteiger partial charge on any atom is 0.233 e. The third-order valence-corrected chi connectivity index (χ3v) is 3.34. The fourth-order valence-electron chi connectivity index (χ4n) is 2.47. The Balaban J connectivity index is 1.97. The summed E-state index contributed by atoms with van der Waals surface area (Å²) in [7, 11) is 0. The van der Waals surface area contributed by atoms with Crippen molar-refractivity contribution in [1.82, 2.24) is 0 Å². The first-order valence-electron chi connectivity index (χ1n) is 5.98. The number of rotatable bonds is 1. The molecule has 17 heavy (non-hydrogen) atoms. The summed E-state index contributed by atoms with van der Waals surface area (Å²) in [6.07, 6.45) is 2.59. The van der Waals surface area contributed by atoms with Gasteiger partial charge in [-0.2, -0.15) is 0 Å². The monoisotopic (exact) mass is 230 g/mol. The number of anilines is 2. The van der Waals surface area contributed by atoms with E-state index in [9.17, 15) is 9.59 Å². The largest absolute Gasteiger partial charge is 0.384 e. The lowest BCUT2D eigenvalue weighted by Crippen LogP contribution is -2.40. The van der Waals surface area contributed by atoms with Crippen LogP contribution in [0.2, 0.25) is 0 Å². The lowest BCUT2D eigenvalue weighted by molar-refractivity contribution is -0.129. The SMILES string of the molecule is O=C1CCCC(=O)N1c1ccc2c(c1)CCN2. The van der Waals surface area contributed by atoms with Crippen molar-refractivity contribution in [2.24, 2.45) is 0 Å². The number of carbonyl (C=O) groups excluding carboxylic acids is 2. The van der Waals surface area contributed by atoms with E-state index >= 15 is 0 Å². The van der Waals surface area contributed by atoms with Gasteiger partial charge in [-0.15, -0.1) is 0 Å². The van der Waals surface area contributed by atoms with E-state index in [1.807, 2.05) is 18.2 Å². The molecular weight excluding hydrogens is 216 g/mol. The fraction of sp³-hybridized carbons (Fsp3) is 0.385. The molecule has 0 aromatic heterocycles. The van der Waals surface area contributed by atoms with Crippen LogP contribution in [0.4, 0.5) is 11.4 Å². The number of benzene rings is 1. The summed E-state index contributed by atoms with van der Waals surface area (Å²) in [6.45, 7) is 0.931. The highest BCUT2D eigenvalue weighted by Crippen LogP contribution is 2.29. The Kier molecular flexibility index (Phi) is 2.35.